The molecule has 0 bridgehead atoms. The average molecular weight is 428 g/mol. The van der Waals surface area contributed by atoms with Crippen LogP contribution in [0.4, 0.5) is 0 Å². The lowest BCUT2D eigenvalue weighted by molar-refractivity contribution is 0.174. The van der Waals surface area contributed by atoms with Crippen molar-refractivity contribution in [2.45, 2.75) is 32.7 Å². The second-order valence-corrected chi connectivity index (χ2v) is 10.5. The summed E-state index contributed by atoms with van der Waals surface area (Å²) in [5, 5.41) is 5.43. The number of sulfonamides is 1. The minimum Gasteiger partial charge on any atom is -0.357 e. The van der Waals surface area contributed by atoms with Crippen molar-refractivity contribution in [1.29, 1.82) is 0 Å². The van der Waals surface area contributed by atoms with Gasteiger partial charge in [-0.2, -0.15) is 0 Å². The van der Waals surface area contributed by atoms with E-state index in [0.29, 0.717) is 12.5 Å². The van der Waals surface area contributed by atoms with Crippen LogP contribution >= 0.6 is 11.3 Å². The number of rotatable bonds is 9. The minimum atomic E-state index is -3.24. The largest absolute Gasteiger partial charge is 0.357 e. The van der Waals surface area contributed by atoms with E-state index < -0.39 is 10.0 Å². The Bertz CT molecular complexity index is 709. The molecule has 1 saturated carbocycles. The van der Waals surface area contributed by atoms with E-state index in [0.717, 1.165) is 58.1 Å². The maximum Gasteiger partial charge on any atom is 0.213 e. The smallest absolute Gasteiger partial charge is 0.213 e. The summed E-state index contributed by atoms with van der Waals surface area (Å²) in [7, 11) is -3.24. The van der Waals surface area contributed by atoms with Crippen molar-refractivity contribution in [1.82, 2.24) is 19.8 Å². The normalized spacial score (nSPS) is 19.6. The molecule has 9 heteroatoms. The van der Waals surface area contributed by atoms with Crippen LogP contribution in [0.3, 0.4) is 0 Å². The van der Waals surface area contributed by atoms with Crippen molar-refractivity contribution in [3.8, 4) is 0 Å². The van der Waals surface area contributed by atoms with E-state index >= 15 is 0 Å². The zero-order valence-corrected chi connectivity index (χ0v) is 18.4. The fourth-order valence-corrected chi connectivity index (χ4v) is 5.16. The molecule has 2 heterocycles. The highest BCUT2D eigenvalue weighted by Crippen LogP contribution is 2.25. The lowest BCUT2D eigenvalue weighted by Crippen LogP contribution is -2.52. The number of hydrogen-bond acceptors (Lipinski definition) is 5. The summed E-state index contributed by atoms with van der Waals surface area (Å²) < 4.78 is 27.1. The summed E-state index contributed by atoms with van der Waals surface area (Å²) in [6, 6.07) is 4.28. The first-order valence-corrected chi connectivity index (χ1v) is 12.8. The molecule has 0 spiro atoms. The molecule has 1 aromatic rings. The van der Waals surface area contributed by atoms with Crippen LogP contribution in [-0.2, 0) is 16.6 Å². The summed E-state index contributed by atoms with van der Waals surface area (Å²) in [5.41, 5.74) is 0. The van der Waals surface area contributed by atoms with Crippen LogP contribution in [0, 0.1) is 5.92 Å². The topological polar surface area (TPSA) is 77.0 Å². The van der Waals surface area contributed by atoms with E-state index in [1.54, 1.807) is 11.3 Å². The van der Waals surface area contributed by atoms with E-state index in [9.17, 15) is 8.42 Å². The molecule has 7 nitrogen and oxygen atoms in total. The van der Waals surface area contributed by atoms with Gasteiger partial charge in [0.1, 0.15) is 0 Å². The molecule has 0 radical (unpaired) electrons. The van der Waals surface area contributed by atoms with E-state index in [-0.39, 0.29) is 12.3 Å². The molecular formula is C19H33N5O2S2. The highest BCUT2D eigenvalue weighted by Gasteiger charge is 2.21. The molecule has 2 aliphatic rings. The lowest BCUT2D eigenvalue weighted by Gasteiger charge is -2.36. The first kappa shape index (κ1) is 21.5. The van der Waals surface area contributed by atoms with Gasteiger partial charge < -0.3 is 10.2 Å². The van der Waals surface area contributed by atoms with Crippen LogP contribution in [0.25, 0.3) is 0 Å². The fraction of sp³-hybridized carbons (Fsp3) is 0.737. The van der Waals surface area contributed by atoms with Gasteiger partial charge in [-0.3, -0.25) is 9.89 Å². The minimum absolute atomic E-state index is 0.0486. The van der Waals surface area contributed by atoms with Gasteiger partial charge in [0.15, 0.2) is 5.96 Å². The molecule has 1 aromatic heterocycles. The summed E-state index contributed by atoms with van der Waals surface area (Å²) in [6.07, 6.45) is 3.51. The van der Waals surface area contributed by atoms with Crippen molar-refractivity contribution >= 4 is 27.3 Å². The van der Waals surface area contributed by atoms with E-state index in [4.69, 9.17) is 0 Å². The zero-order valence-electron chi connectivity index (χ0n) is 16.8. The number of hydrogen-bond donors (Lipinski definition) is 2. The number of nitrogens with zero attached hydrogens (tertiary/aromatic N) is 3. The fourth-order valence-electron chi connectivity index (χ4n) is 3.45. The predicted octanol–water partition coefficient (Wildman–Crippen LogP) is 1.55. The number of thiophene rings is 1. The zero-order chi connectivity index (χ0) is 19.8. The first-order chi connectivity index (χ1) is 13.6. The molecule has 28 heavy (non-hydrogen) atoms. The third kappa shape index (κ3) is 6.72. The van der Waals surface area contributed by atoms with Crippen LogP contribution in [0.15, 0.2) is 22.5 Å². The van der Waals surface area contributed by atoms with Crippen LogP contribution in [0.2, 0.25) is 0 Å². The van der Waals surface area contributed by atoms with Crippen molar-refractivity contribution in [2.24, 2.45) is 10.9 Å². The van der Waals surface area contributed by atoms with Crippen LogP contribution in [-0.4, -0.2) is 75.7 Å². The second-order valence-electron chi connectivity index (χ2n) is 7.54. The second kappa shape index (κ2) is 10.6. The Morgan fingerprint density at radius 1 is 1.29 bits per heavy atom. The molecule has 3 rings (SSSR count). The van der Waals surface area contributed by atoms with Gasteiger partial charge >= 0.3 is 0 Å². The summed E-state index contributed by atoms with van der Waals surface area (Å²) >= 11 is 1.80. The van der Waals surface area contributed by atoms with Gasteiger partial charge in [0, 0.05) is 50.7 Å². The van der Waals surface area contributed by atoms with Gasteiger partial charge in [0.2, 0.25) is 10.0 Å². The Kier molecular flexibility index (Phi) is 8.13. The van der Waals surface area contributed by atoms with Crippen molar-refractivity contribution < 1.29 is 8.42 Å². The Morgan fingerprint density at radius 2 is 2.07 bits per heavy atom. The third-order valence-corrected chi connectivity index (χ3v) is 7.59. The van der Waals surface area contributed by atoms with Gasteiger partial charge in [-0.05, 0) is 37.1 Å². The third-order valence-electron chi connectivity index (χ3n) is 5.40. The molecule has 0 unspecified atom stereocenters. The maximum atomic E-state index is 12.2. The van der Waals surface area contributed by atoms with Gasteiger partial charge in [0.05, 0.1) is 12.3 Å². The Hall–Kier alpha value is -1.16. The summed E-state index contributed by atoms with van der Waals surface area (Å²) in [4.78, 5) is 10.7. The van der Waals surface area contributed by atoms with Gasteiger partial charge in [-0.15, -0.1) is 11.3 Å². The van der Waals surface area contributed by atoms with E-state index in [1.807, 2.05) is 6.92 Å². The number of aliphatic imine (C=N–C) groups is 1. The monoisotopic (exact) mass is 427 g/mol. The summed E-state index contributed by atoms with van der Waals surface area (Å²) in [5.74, 6) is 1.40. The highest BCUT2D eigenvalue weighted by atomic mass is 32.2. The summed E-state index contributed by atoms with van der Waals surface area (Å²) in [6.45, 7) is 8.49. The Labute approximate surface area is 173 Å². The van der Waals surface area contributed by atoms with Crippen molar-refractivity contribution in [2.75, 3.05) is 51.6 Å². The predicted molar refractivity (Wildman–Crippen MR) is 116 cm³/mol. The first-order valence-electron chi connectivity index (χ1n) is 10.3. The van der Waals surface area contributed by atoms with Crippen LogP contribution in [0.5, 0.6) is 0 Å². The number of guanidine groups is 1. The Morgan fingerprint density at radius 3 is 2.68 bits per heavy atom. The van der Waals surface area contributed by atoms with Crippen molar-refractivity contribution in [3.63, 3.8) is 0 Å². The van der Waals surface area contributed by atoms with Crippen LogP contribution < -0.4 is 10.0 Å². The maximum absolute atomic E-state index is 12.2. The average Bonchev–Trinajstić information content (AvgIpc) is 3.13. The van der Waals surface area contributed by atoms with Crippen molar-refractivity contribution in [3.05, 3.63) is 22.4 Å². The van der Waals surface area contributed by atoms with E-state index in [2.05, 4.69) is 42.3 Å². The molecular weight excluding hydrogens is 394 g/mol. The van der Waals surface area contributed by atoms with Gasteiger partial charge in [-0.1, -0.05) is 12.5 Å². The highest BCUT2D eigenvalue weighted by molar-refractivity contribution is 7.89. The van der Waals surface area contributed by atoms with Gasteiger partial charge in [0.25, 0.3) is 0 Å². The molecule has 158 valence electrons. The molecule has 2 N–H and O–H groups in total. The molecule has 2 fully saturated rings. The number of piperazine rings is 1. The quantitative estimate of drug-likeness (QED) is 0.462. The molecule has 1 aliphatic carbocycles. The molecule has 1 aliphatic heterocycles. The SMILES string of the molecule is CCNC(=NCCS(=O)(=O)NCC1CCC1)N1CCN(Cc2cccs2)CC1. The van der Waals surface area contributed by atoms with Gasteiger partial charge in [-0.25, -0.2) is 13.1 Å². The molecule has 0 atom stereocenters. The molecule has 0 amide bonds. The number of nitrogens with one attached hydrogen (secondary N) is 2. The van der Waals surface area contributed by atoms with E-state index in [1.165, 1.54) is 11.3 Å². The Balaban J connectivity index is 1.44. The standard InChI is InChI=1S/C19H33N5O2S2/c1-2-20-19(21-8-14-28(25,26)22-15-17-5-3-6-17)24-11-9-23(10-12-24)16-18-7-4-13-27-18/h4,7,13,17,22H,2-3,5-6,8-12,14-16H2,1H3,(H,20,21). The molecule has 1 saturated heterocycles. The lowest BCUT2D eigenvalue weighted by atomic mass is 9.86. The van der Waals surface area contributed by atoms with Crippen LogP contribution in [0.1, 0.15) is 31.1 Å². The molecule has 0 aromatic carbocycles.